The number of nitrogens with one attached hydrogen (secondary N) is 2. The van der Waals surface area contributed by atoms with E-state index in [4.69, 9.17) is 0 Å². The van der Waals surface area contributed by atoms with Gasteiger partial charge in [-0.15, -0.1) is 0 Å². The highest BCUT2D eigenvalue weighted by Gasteiger charge is 2.43. The van der Waals surface area contributed by atoms with Gasteiger partial charge in [0.1, 0.15) is 0 Å². The second-order valence-corrected chi connectivity index (χ2v) is 7.49. The average Bonchev–Trinajstić information content (AvgIpc) is 3.05. The Morgan fingerprint density at radius 1 is 1.39 bits per heavy atom. The van der Waals surface area contributed by atoms with Crippen LogP contribution < -0.4 is 10.6 Å². The van der Waals surface area contributed by atoms with E-state index in [1.807, 2.05) is 11.8 Å². The Labute approximate surface area is 114 Å². The minimum atomic E-state index is 0.0794. The zero-order chi connectivity index (χ0) is 12.6. The van der Waals surface area contributed by atoms with Crippen LogP contribution in [0, 0.1) is 5.92 Å². The summed E-state index contributed by atoms with van der Waals surface area (Å²) in [5, 5.41) is 6.71. The first kappa shape index (κ1) is 12.8. The first-order valence-electron chi connectivity index (χ1n) is 7.31. The summed E-state index contributed by atoms with van der Waals surface area (Å²) in [7, 11) is 0. The smallest absolute Gasteiger partial charge is 0.237 e. The second kappa shape index (κ2) is 5.04. The summed E-state index contributed by atoms with van der Waals surface area (Å²) in [4.78, 5) is 12.2. The van der Waals surface area contributed by atoms with Crippen molar-refractivity contribution >= 4 is 17.7 Å². The summed E-state index contributed by atoms with van der Waals surface area (Å²) in [6, 6.07) is 0.695. The van der Waals surface area contributed by atoms with Gasteiger partial charge in [-0.25, -0.2) is 0 Å². The predicted molar refractivity (Wildman–Crippen MR) is 75.8 cm³/mol. The third kappa shape index (κ3) is 2.55. The lowest BCUT2D eigenvalue weighted by atomic mass is 9.85. The van der Waals surface area contributed by atoms with Crippen LogP contribution >= 0.6 is 11.8 Å². The third-order valence-corrected chi connectivity index (χ3v) is 6.42. The molecule has 18 heavy (non-hydrogen) atoms. The van der Waals surface area contributed by atoms with Crippen molar-refractivity contribution in [3.05, 3.63) is 0 Å². The fourth-order valence-corrected chi connectivity index (χ4v) is 4.21. The zero-order valence-corrected chi connectivity index (χ0v) is 12.0. The monoisotopic (exact) mass is 268 g/mol. The van der Waals surface area contributed by atoms with E-state index in [1.54, 1.807) is 0 Å². The fraction of sp³-hybridized carbons (Fsp3) is 0.929. The molecule has 4 heteroatoms. The van der Waals surface area contributed by atoms with Gasteiger partial charge >= 0.3 is 0 Å². The van der Waals surface area contributed by atoms with E-state index < -0.39 is 0 Å². The molecular formula is C14H24N2OS. The highest BCUT2D eigenvalue weighted by Crippen LogP contribution is 2.46. The predicted octanol–water partition coefficient (Wildman–Crippen LogP) is 1.92. The second-order valence-electron chi connectivity index (χ2n) is 6.21. The minimum absolute atomic E-state index is 0.0794. The van der Waals surface area contributed by atoms with Crippen LogP contribution in [0.1, 0.15) is 44.9 Å². The molecule has 1 amide bonds. The van der Waals surface area contributed by atoms with Gasteiger partial charge < -0.3 is 10.6 Å². The molecule has 1 aliphatic heterocycles. The molecular weight excluding hydrogens is 244 g/mol. The molecule has 3 nitrogen and oxygen atoms in total. The van der Waals surface area contributed by atoms with Gasteiger partial charge in [0.05, 0.1) is 6.04 Å². The van der Waals surface area contributed by atoms with Crippen LogP contribution in [-0.2, 0) is 4.79 Å². The lowest BCUT2D eigenvalue weighted by molar-refractivity contribution is -0.122. The van der Waals surface area contributed by atoms with Crippen molar-refractivity contribution < 1.29 is 4.79 Å². The highest BCUT2D eigenvalue weighted by atomic mass is 32.2. The molecule has 1 heterocycles. The van der Waals surface area contributed by atoms with Crippen molar-refractivity contribution in [1.82, 2.24) is 10.6 Å². The van der Waals surface area contributed by atoms with Crippen LogP contribution in [0.3, 0.4) is 0 Å². The summed E-state index contributed by atoms with van der Waals surface area (Å²) in [6.07, 6.45) is 11.0. The molecule has 102 valence electrons. The van der Waals surface area contributed by atoms with E-state index in [1.165, 1.54) is 38.5 Å². The summed E-state index contributed by atoms with van der Waals surface area (Å²) in [5.74, 6) is 0.995. The molecule has 0 aromatic rings. The molecule has 1 saturated heterocycles. The van der Waals surface area contributed by atoms with Gasteiger partial charge in [0.2, 0.25) is 5.91 Å². The van der Waals surface area contributed by atoms with Crippen LogP contribution in [0.5, 0.6) is 0 Å². The Hall–Kier alpha value is -0.220. The number of thioether (sulfide) groups is 1. The Morgan fingerprint density at radius 2 is 2.17 bits per heavy atom. The third-order valence-electron chi connectivity index (χ3n) is 5.00. The number of hydrogen-bond acceptors (Lipinski definition) is 3. The van der Waals surface area contributed by atoms with Gasteiger partial charge in [0.15, 0.2) is 0 Å². The molecule has 2 aliphatic carbocycles. The number of hydrogen-bond donors (Lipinski definition) is 2. The van der Waals surface area contributed by atoms with Gasteiger partial charge in [-0.3, -0.25) is 4.79 Å². The minimum Gasteiger partial charge on any atom is -0.353 e. The summed E-state index contributed by atoms with van der Waals surface area (Å²) >= 11 is 1.91. The number of fused-ring (bicyclic) bond motifs is 1. The maximum Gasteiger partial charge on any atom is 0.237 e. The lowest BCUT2D eigenvalue weighted by Crippen LogP contribution is -2.45. The van der Waals surface area contributed by atoms with Crippen molar-refractivity contribution in [2.45, 2.75) is 61.8 Å². The largest absolute Gasteiger partial charge is 0.353 e. The Bertz CT molecular complexity index is 316. The number of amides is 1. The summed E-state index contributed by atoms with van der Waals surface area (Å²) < 4.78 is 0.376. The van der Waals surface area contributed by atoms with Crippen LogP contribution in [0.15, 0.2) is 0 Å². The van der Waals surface area contributed by atoms with Crippen molar-refractivity contribution in [1.29, 1.82) is 0 Å². The highest BCUT2D eigenvalue weighted by molar-refractivity contribution is 8.00. The van der Waals surface area contributed by atoms with Gasteiger partial charge in [0.25, 0.3) is 0 Å². The van der Waals surface area contributed by atoms with E-state index >= 15 is 0 Å². The first-order valence-corrected chi connectivity index (χ1v) is 8.54. The molecule has 2 N–H and O–H groups in total. The zero-order valence-electron chi connectivity index (χ0n) is 11.2. The molecule has 0 bridgehead atoms. The Kier molecular flexibility index (Phi) is 3.59. The molecule has 2 saturated carbocycles. The SMILES string of the molecule is CSC1(CNC(=O)C2CC3CCCCC3N2)CC1. The molecule has 3 unspecified atom stereocenters. The van der Waals surface area contributed by atoms with Gasteiger partial charge in [-0.05, 0) is 44.3 Å². The summed E-state index contributed by atoms with van der Waals surface area (Å²) in [5.41, 5.74) is 0. The van der Waals surface area contributed by atoms with Gasteiger partial charge in [-0.2, -0.15) is 11.8 Å². The van der Waals surface area contributed by atoms with Crippen molar-refractivity contribution in [3.8, 4) is 0 Å². The molecule has 0 radical (unpaired) electrons. The average molecular weight is 268 g/mol. The number of carbonyl (C=O) groups is 1. The van der Waals surface area contributed by atoms with Gasteiger partial charge in [0, 0.05) is 17.3 Å². The summed E-state index contributed by atoms with van der Waals surface area (Å²) in [6.45, 7) is 0.862. The maximum absolute atomic E-state index is 12.2. The molecule has 3 aliphatic rings. The van der Waals surface area contributed by atoms with Crippen molar-refractivity contribution in [2.75, 3.05) is 12.8 Å². The van der Waals surface area contributed by atoms with Crippen LogP contribution in [-0.4, -0.2) is 35.5 Å². The van der Waals surface area contributed by atoms with Crippen LogP contribution in [0.25, 0.3) is 0 Å². The van der Waals surface area contributed by atoms with Crippen LogP contribution in [0.2, 0.25) is 0 Å². The van der Waals surface area contributed by atoms with E-state index in [0.717, 1.165) is 18.9 Å². The van der Waals surface area contributed by atoms with E-state index in [-0.39, 0.29) is 11.9 Å². The lowest BCUT2D eigenvalue weighted by Gasteiger charge is -2.24. The molecule has 0 spiro atoms. The quantitative estimate of drug-likeness (QED) is 0.818. The normalized spacial score (nSPS) is 37.1. The van der Waals surface area contributed by atoms with E-state index in [2.05, 4.69) is 16.9 Å². The standard InChI is InChI=1S/C14H24N2OS/c1-18-14(6-7-14)9-15-13(17)12-8-10-4-2-3-5-11(10)16-12/h10-12,16H,2-9H2,1H3,(H,15,17). The van der Waals surface area contributed by atoms with Crippen molar-refractivity contribution in [2.24, 2.45) is 5.92 Å². The topological polar surface area (TPSA) is 41.1 Å². The molecule has 0 aromatic heterocycles. The number of carbonyl (C=O) groups excluding carboxylic acids is 1. The maximum atomic E-state index is 12.2. The number of rotatable bonds is 4. The fourth-order valence-electron chi connectivity index (χ4n) is 3.49. The first-order chi connectivity index (χ1) is 8.72. The van der Waals surface area contributed by atoms with E-state index in [9.17, 15) is 4.79 Å². The molecule has 3 rings (SSSR count). The molecule has 3 atom stereocenters. The van der Waals surface area contributed by atoms with Crippen molar-refractivity contribution in [3.63, 3.8) is 0 Å². The van der Waals surface area contributed by atoms with Gasteiger partial charge in [-0.1, -0.05) is 12.8 Å². The Balaban J connectivity index is 1.48. The Morgan fingerprint density at radius 3 is 2.83 bits per heavy atom. The molecule has 0 aromatic carbocycles. The van der Waals surface area contributed by atoms with Crippen LogP contribution in [0.4, 0.5) is 0 Å². The molecule has 3 fully saturated rings. The van der Waals surface area contributed by atoms with E-state index in [0.29, 0.717) is 10.8 Å².